The Morgan fingerprint density at radius 1 is 0.909 bits per heavy atom. The molecular weight excluding hydrogens is 436 g/mol. The molecule has 168 valence electrons. The number of halogens is 1. The summed E-state index contributed by atoms with van der Waals surface area (Å²) in [4.78, 5) is 24.3. The number of rotatable bonds is 6. The Morgan fingerprint density at radius 3 is 2.27 bits per heavy atom. The normalized spacial score (nSPS) is 10.7. The van der Waals surface area contributed by atoms with Crippen LogP contribution in [-0.2, 0) is 16.0 Å². The summed E-state index contributed by atoms with van der Waals surface area (Å²) < 4.78 is 10.9. The molecule has 0 amide bonds. The molecule has 5 heteroatoms. The minimum absolute atomic E-state index is 0.0696. The zero-order chi connectivity index (χ0) is 23.8. The van der Waals surface area contributed by atoms with E-state index in [0.717, 1.165) is 11.1 Å². The second-order valence-corrected chi connectivity index (χ2v) is 8.86. The Morgan fingerprint density at radius 2 is 1.61 bits per heavy atom. The van der Waals surface area contributed by atoms with Gasteiger partial charge >= 0.3 is 5.97 Å². The van der Waals surface area contributed by atoms with Crippen LogP contribution in [0.3, 0.4) is 0 Å². The molecule has 0 bridgehead atoms. The van der Waals surface area contributed by atoms with Crippen molar-refractivity contribution in [1.29, 1.82) is 0 Å². The molecule has 3 aromatic carbocycles. The number of Topliss-reactive ketones (excluding diaryl/α,β-unsaturated/α-hetero) is 1. The maximum atomic E-state index is 12.4. The Balaban J connectivity index is 1.68. The standard InChI is InChI=1S/C28H25ClO4/c1-28(2,3)33-27(31)19-32-26-16-15-24(29)18-23(26)14-13-20-9-11-21(12-10-20)17-25(30)22-7-5-4-6-8-22/h4-12,15-16,18H,17,19H2,1-3H3. The zero-order valence-electron chi connectivity index (χ0n) is 18.9. The molecular formula is C28H25ClO4. The van der Waals surface area contributed by atoms with E-state index in [1.54, 1.807) is 39.0 Å². The molecule has 0 aliphatic heterocycles. The first-order chi connectivity index (χ1) is 15.7. The third kappa shape index (κ3) is 7.82. The van der Waals surface area contributed by atoms with Crippen molar-refractivity contribution in [2.75, 3.05) is 6.61 Å². The van der Waals surface area contributed by atoms with Crippen LogP contribution in [0.2, 0.25) is 5.02 Å². The van der Waals surface area contributed by atoms with Crippen LogP contribution in [0.15, 0.2) is 72.8 Å². The van der Waals surface area contributed by atoms with Gasteiger partial charge in [0.15, 0.2) is 12.4 Å². The molecule has 0 unspecified atom stereocenters. The van der Waals surface area contributed by atoms with Gasteiger partial charge in [0.2, 0.25) is 0 Å². The van der Waals surface area contributed by atoms with Crippen LogP contribution in [0, 0.1) is 11.8 Å². The summed E-state index contributed by atoms with van der Waals surface area (Å²) in [5.74, 6) is 6.18. The van der Waals surface area contributed by atoms with E-state index in [0.29, 0.717) is 28.3 Å². The van der Waals surface area contributed by atoms with Crippen molar-refractivity contribution < 1.29 is 19.1 Å². The van der Waals surface area contributed by atoms with Crippen LogP contribution < -0.4 is 4.74 Å². The van der Waals surface area contributed by atoms with Gasteiger partial charge in [-0.15, -0.1) is 0 Å². The molecule has 33 heavy (non-hydrogen) atoms. The summed E-state index contributed by atoms with van der Waals surface area (Å²) >= 11 is 6.12. The largest absolute Gasteiger partial charge is 0.481 e. The molecule has 0 fully saturated rings. The maximum Gasteiger partial charge on any atom is 0.344 e. The summed E-state index contributed by atoms with van der Waals surface area (Å²) in [7, 11) is 0. The first-order valence-corrected chi connectivity index (χ1v) is 10.9. The fraction of sp³-hybridized carbons (Fsp3) is 0.214. The van der Waals surface area contributed by atoms with Crippen LogP contribution in [0.5, 0.6) is 5.75 Å². The summed E-state index contributed by atoms with van der Waals surface area (Å²) in [6, 6.07) is 21.8. The van der Waals surface area contributed by atoms with E-state index in [1.807, 2.05) is 54.6 Å². The quantitative estimate of drug-likeness (QED) is 0.261. The van der Waals surface area contributed by atoms with Crippen LogP contribution in [0.4, 0.5) is 0 Å². The van der Waals surface area contributed by atoms with E-state index in [-0.39, 0.29) is 12.4 Å². The fourth-order valence-electron chi connectivity index (χ4n) is 2.99. The highest BCUT2D eigenvalue weighted by molar-refractivity contribution is 6.30. The van der Waals surface area contributed by atoms with Gasteiger partial charge in [-0.05, 0) is 56.7 Å². The van der Waals surface area contributed by atoms with Crippen molar-refractivity contribution >= 4 is 23.4 Å². The molecule has 0 aliphatic rings. The van der Waals surface area contributed by atoms with Crippen molar-refractivity contribution in [3.63, 3.8) is 0 Å². The minimum Gasteiger partial charge on any atom is -0.481 e. The molecule has 3 aromatic rings. The zero-order valence-corrected chi connectivity index (χ0v) is 19.6. The van der Waals surface area contributed by atoms with Gasteiger partial charge in [0.25, 0.3) is 0 Å². The van der Waals surface area contributed by atoms with Gasteiger partial charge in [0.1, 0.15) is 11.4 Å². The van der Waals surface area contributed by atoms with Crippen LogP contribution in [0.1, 0.15) is 47.8 Å². The summed E-state index contributed by atoms with van der Waals surface area (Å²) in [5.41, 5.74) is 2.37. The van der Waals surface area contributed by atoms with E-state index in [2.05, 4.69) is 11.8 Å². The number of benzene rings is 3. The molecule has 0 aliphatic carbocycles. The first-order valence-electron chi connectivity index (χ1n) is 10.5. The van der Waals surface area contributed by atoms with E-state index in [1.165, 1.54) is 0 Å². The van der Waals surface area contributed by atoms with E-state index >= 15 is 0 Å². The van der Waals surface area contributed by atoms with Crippen LogP contribution in [-0.4, -0.2) is 24.0 Å². The van der Waals surface area contributed by atoms with Gasteiger partial charge in [-0.2, -0.15) is 0 Å². The molecule has 0 atom stereocenters. The summed E-state index contributed by atoms with van der Waals surface area (Å²) in [5, 5.41) is 0.513. The fourth-order valence-corrected chi connectivity index (χ4v) is 3.16. The lowest BCUT2D eigenvalue weighted by molar-refractivity contribution is -0.157. The molecule has 3 rings (SSSR count). The number of carbonyl (C=O) groups is 2. The third-order valence-corrected chi connectivity index (χ3v) is 4.70. The van der Waals surface area contributed by atoms with Crippen molar-refractivity contribution in [2.45, 2.75) is 32.8 Å². The monoisotopic (exact) mass is 460 g/mol. The van der Waals surface area contributed by atoms with Gasteiger partial charge in [0.05, 0.1) is 5.56 Å². The van der Waals surface area contributed by atoms with Crippen molar-refractivity contribution in [3.8, 4) is 17.6 Å². The Hall–Kier alpha value is -3.55. The molecule has 0 N–H and O–H groups in total. The summed E-state index contributed by atoms with van der Waals surface area (Å²) in [6.45, 7) is 5.17. The highest BCUT2D eigenvalue weighted by Crippen LogP contribution is 2.22. The smallest absolute Gasteiger partial charge is 0.344 e. The van der Waals surface area contributed by atoms with E-state index < -0.39 is 11.6 Å². The molecule has 0 saturated carbocycles. The molecule has 0 radical (unpaired) electrons. The molecule has 4 nitrogen and oxygen atoms in total. The molecule has 0 saturated heterocycles. The van der Waals surface area contributed by atoms with Gasteiger partial charge < -0.3 is 9.47 Å². The third-order valence-electron chi connectivity index (χ3n) is 4.46. The van der Waals surface area contributed by atoms with Crippen molar-refractivity contribution in [1.82, 2.24) is 0 Å². The number of hydrogen-bond acceptors (Lipinski definition) is 4. The Bertz CT molecular complexity index is 1180. The average molecular weight is 461 g/mol. The molecule has 0 spiro atoms. The Labute approximate surface area is 199 Å². The van der Waals surface area contributed by atoms with Crippen LogP contribution >= 0.6 is 11.6 Å². The number of esters is 1. The van der Waals surface area contributed by atoms with Gasteiger partial charge in [0, 0.05) is 22.6 Å². The van der Waals surface area contributed by atoms with Gasteiger partial charge in [-0.25, -0.2) is 4.79 Å². The lowest BCUT2D eigenvalue weighted by Crippen LogP contribution is -2.27. The minimum atomic E-state index is -0.582. The number of hydrogen-bond donors (Lipinski definition) is 0. The number of ether oxygens (including phenoxy) is 2. The molecule has 0 aromatic heterocycles. The second kappa shape index (κ2) is 10.8. The highest BCUT2D eigenvalue weighted by Gasteiger charge is 2.17. The topological polar surface area (TPSA) is 52.6 Å². The van der Waals surface area contributed by atoms with E-state index in [4.69, 9.17) is 21.1 Å². The lowest BCUT2D eigenvalue weighted by atomic mass is 10.0. The number of ketones is 1. The maximum absolute atomic E-state index is 12.4. The van der Waals surface area contributed by atoms with Gasteiger partial charge in [-0.3, -0.25) is 4.79 Å². The van der Waals surface area contributed by atoms with Gasteiger partial charge in [-0.1, -0.05) is 65.9 Å². The lowest BCUT2D eigenvalue weighted by Gasteiger charge is -2.19. The first kappa shape index (κ1) is 24.1. The van der Waals surface area contributed by atoms with E-state index in [9.17, 15) is 9.59 Å². The molecule has 0 heterocycles. The Kier molecular flexibility index (Phi) is 7.92. The van der Waals surface area contributed by atoms with Crippen LogP contribution in [0.25, 0.3) is 0 Å². The summed E-state index contributed by atoms with van der Waals surface area (Å²) in [6.07, 6.45) is 0.328. The highest BCUT2D eigenvalue weighted by atomic mass is 35.5. The van der Waals surface area contributed by atoms with Crippen molar-refractivity contribution in [3.05, 3.63) is 100 Å². The average Bonchev–Trinajstić information content (AvgIpc) is 2.77. The predicted octanol–water partition coefficient (Wildman–Crippen LogP) is 5.89. The second-order valence-electron chi connectivity index (χ2n) is 8.43. The predicted molar refractivity (Wildman–Crippen MR) is 130 cm³/mol. The number of carbonyl (C=O) groups excluding carboxylic acids is 2. The SMILES string of the molecule is CC(C)(C)OC(=O)COc1ccc(Cl)cc1C#Cc1ccc(CC(=O)c2ccccc2)cc1. The van der Waals surface area contributed by atoms with Crippen molar-refractivity contribution in [2.24, 2.45) is 0 Å².